The van der Waals surface area contributed by atoms with E-state index in [1.807, 2.05) is 24.3 Å². The Morgan fingerprint density at radius 2 is 1.69 bits per heavy atom. The van der Waals surface area contributed by atoms with Crippen LogP contribution < -0.4 is 10.0 Å². The van der Waals surface area contributed by atoms with Gasteiger partial charge in [0.1, 0.15) is 0 Å². The number of hydrogen-bond donors (Lipinski definition) is 2. The summed E-state index contributed by atoms with van der Waals surface area (Å²) in [5.41, 5.74) is 4.76. The molecule has 1 amide bonds. The Balaban J connectivity index is 1.70. The Labute approximate surface area is 154 Å². The van der Waals surface area contributed by atoms with E-state index in [0.29, 0.717) is 17.7 Å². The zero-order valence-corrected chi connectivity index (χ0v) is 15.7. The predicted molar refractivity (Wildman–Crippen MR) is 102 cm³/mol. The van der Waals surface area contributed by atoms with Crippen molar-refractivity contribution in [1.82, 2.24) is 10.0 Å². The van der Waals surface area contributed by atoms with Crippen molar-refractivity contribution in [2.75, 3.05) is 7.05 Å². The fourth-order valence-electron chi connectivity index (χ4n) is 3.30. The molecule has 0 aliphatic heterocycles. The Morgan fingerprint density at radius 1 is 1.00 bits per heavy atom. The van der Waals surface area contributed by atoms with Gasteiger partial charge in [-0.05, 0) is 67.1 Å². The largest absolute Gasteiger partial charge is 0.348 e. The predicted octanol–water partition coefficient (Wildman–Crippen LogP) is 2.54. The molecule has 26 heavy (non-hydrogen) atoms. The number of hydrogen-bond acceptors (Lipinski definition) is 3. The fraction of sp³-hybridized carbons (Fsp3) is 0.350. The maximum absolute atomic E-state index is 12.5. The van der Waals surface area contributed by atoms with Crippen LogP contribution in [-0.4, -0.2) is 21.4 Å². The first kappa shape index (κ1) is 18.6. The van der Waals surface area contributed by atoms with Crippen LogP contribution in [0.25, 0.3) is 0 Å². The third-order valence-electron chi connectivity index (χ3n) is 4.82. The first-order valence-electron chi connectivity index (χ1n) is 8.86. The molecule has 6 heteroatoms. The summed E-state index contributed by atoms with van der Waals surface area (Å²) < 4.78 is 26.0. The van der Waals surface area contributed by atoms with E-state index >= 15 is 0 Å². The first-order chi connectivity index (χ1) is 12.5. The van der Waals surface area contributed by atoms with Crippen LogP contribution >= 0.6 is 0 Å². The fourth-order valence-corrected chi connectivity index (χ4v) is 4.14. The minimum Gasteiger partial charge on any atom is -0.348 e. The molecule has 2 aromatic rings. The molecule has 2 aromatic carbocycles. The van der Waals surface area contributed by atoms with E-state index in [1.165, 1.54) is 31.0 Å². The van der Waals surface area contributed by atoms with E-state index in [2.05, 4.69) is 16.1 Å². The van der Waals surface area contributed by atoms with Crippen LogP contribution in [0.5, 0.6) is 0 Å². The van der Waals surface area contributed by atoms with E-state index in [9.17, 15) is 13.2 Å². The van der Waals surface area contributed by atoms with E-state index in [0.717, 1.165) is 18.4 Å². The molecule has 0 aromatic heterocycles. The van der Waals surface area contributed by atoms with Crippen LogP contribution in [0.4, 0.5) is 0 Å². The minimum atomic E-state index is -3.36. The number of nitrogens with one attached hydrogen (secondary N) is 2. The Morgan fingerprint density at radius 3 is 2.42 bits per heavy atom. The van der Waals surface area contributed by atoms with Gasteiger partial charge in [0, 0.05) is 12.1 Å². The summed E-state index contributed by atoms with van der Waals surface area (Å²) in [6.45, 7) is 0.297. The molecule has 2 N–H and O–H groups in total. The van der Waals surface area contributed by atoms with Gasteiger partial charge < -0.3 is 5.32 Å². The number of aryl methyl sites for hydroxylation is 2. The van der Waals surface area contributed by atoms with Gasteiger partial charge in [-0.3, -0.25) is 4.79 Å². The number of rotatable bonds is 6. The molecule has 0 radical (unpaired) electrons. The number of carbonyl (C=O) groups excluding carboxylic acids is 1. The van der Waals surface area contributed by atoms with Gasteiger partial charge in [-0.2, -0.15) is 0 Å². The quantitative estimate of drug-likeness (QED) is 0.818. The molecular weight excluding hydrogens is 348 g/mol. The van der Waals surface area contributed by atoms with Gasteiger partial charge >= 0.3 is 0 Å². The third-order valence-corrected chi connectivity index (χ3v) is 6.14. The van der Waals surface area contributed by atoms with E-state index in [-0.39, 0.29) is 11.7 Å². The molecule has 0 saturated carbocycles. The van der Waals surface area contributed by atoms with Gasteiger partial charge in [-0.15, -0.1) is 0 Å². The molecule has 3 rings (SSSR count). The van der Waals surface area contributed by atoms with E-state index in [4.69, 9.17) is 0 Å². The topological polar surface area (TPSA) is 75.3 Å². The van der Waals surface area contributed by atoms with Gasteiger partial charge in [-0.1, -0.05) is 30.3 Å². The summed E-state index contributed by atoms with van der Waals surface area (Å²) in [6.07, 6.45) is 4.50. The number of sulfonamides is 1. The highest BCUT2D eigenvalue weighted by molar-refractivity contribution is 7.88. The molecule has 0 spiro atoms. The van der Waals surface area contributed by atoms with Crippen LogP contribution in [0.15, 0.2) is 42.5 Å². The van der Waals surface area contributed by atoms with Crippen molar-refractivity contribution in [3.63, 3.8) is 0 Å². The zero-order chi connectivity index (χ0) is 18.6. The van der Waals surface area contributed by atoms with Crippen molar-refractivity contribution in [2.45, 2.75) is 38.0 Å². The molecule has 0 atom stereocenters. The molecule has 1 aliphatic carbocycles. The van der Waals surface area contributed by atoms with Crippen molar-refractivity contribution in [3.05, 3.63) is 70.3 Å². The second-order valence-electron chi connectivity index (χ2n) is 6.61. The zero-order valence-electron chi connectivity index (χ0n) is 14.9. The molecule has 0 saturated heterocycles. The highest BCUT2D eigenvalue weighted by atomic mass is 32.2. The van der Waals surface area contributed by atoms with Crippen LogP contribution in [0, 0.1) is 0 Å². The first-order valence-corrected chi connectivity index (χ1v) is 10.5. The molecule has 1 aliphatic rings. The summed E-state index contributed by atoms with van der Waals surface area (Å²) >= 11 is 0. The molecule has 0 unspecified atom stereocenters. The standard InChI is InChI=1S/C20H24N2O3S/c1-21-26(24,25)14-19-9-5-4-8-18(19)13-22-20(23)17-11-10-15-6-2-3-7-16(15)12-17/h4-5,8-12,21H,2-3,6-7,13-14H2,1H3,(H,22,23). The molecule has 0 heterocycles. The van der Waals surface area contributed by atoms with Gasteiger partial charge in [0.25, 0.3) is 5.91 Å². The lowest BCUT2D eigenvalue weighted by Crippen LogP contribution is -2.25. The third kappa shape index (κ3) is 4.51. The summed E-state index contributed by atoms with van der Waals surface area (Å²) in [5.74, 6) is -0.237. The molecule has 0 bridgehead atoms. The number of amides is 1. The monoisotopic (exact) mass is 372 g/mol. The highest BCUT2D eigenvalue weighted by Crippen LogP contribution is 2.22. The average Bonchev–Trinajstić information content (AvgIpc) is 2.66. The Kier molecular flexibility index (Phi) is 5.74. The highest BCUT2D eigenvalue weighted by Gasteiger charge is 2.15. The van der Waals surface area contributed by atoms with Gasteiger partial charge in [-0.25, -0.2) is 13.1 Å². The lowest BCUT2D eigenvalue weighted by Gasteiger charge is -2.16. The molecule has 5 nitrogen and oxygen atoms in total. The van der Waals surface area contributed by atoms with Crippen LogP contribution in [-0.2, 0) is 35.2 Å². The molecule has 138 valence electrons. The molecule has 0 fully saturated rings. The van der Waals surface area contributed by atoms with Crippen LogP contribution in [0.1, 0.15) is 45.5 Å². The van der Waals surface area contributed by atoms with Crippen molar-refractivity contribution in [3.8, 4) is 0 Å². The normalized spacial score (nSPS) is 13.9. The van der Waals surface area contributed by atoms with Crippen LogP contribution in [0.3, 0.4) is 0 Å². The number of fused-ring (bicyclic) bond motifs is 1. The second kappa shape index (κ2) is 8.01. The lowest BCUT2D eigenvalue weighted by molar-refractivity contribution is 0.0950. The average molecular weight is 372 g/mol. The summed E-state index contributed by atoms with van der Waals surface area (Å²) in [6, 6.07) is 13.2. The Bertz CT molecular complexity index is 907. The summed E-state index contributed by atoms with van der Waals surface area (Å²) in [4.78, 5) is 12.5. The van der Waals surface area contributed by atoms with E-state index < -0.39 is 10.0 Å². The number of carbonyl (C=O) groups is 1. The summed E-state index contributed by atoms with van der Waals surface area (Å²) in [7, 11) is -1.96. The van der Waals surface area contributed by atoms with Gasteiger partial charge in [0.05, 0.1) is 5.75 Å². The van der Waals surface area contributed by atoms with Gasteiger partial charge in [0.2, 0.25) is 10.0 Å². The Hall–Kier alpha value is -2.18. The smallest absolute Gasteiger partial charge is 0.251 e. The summed E-state index contributed by atoms with van der Waals surface area (Å²) in [5, 5.41) is 2.91. The molecular formula is C20H24N2O3S. The maximum Gasteiger partial charge on any atom is 0.251 e. The maximum atomic E-state index is 12.5. The second-order valence-corrected chi connectivity index (χ2v) is 8.53. The lowest BCUT2D eigenvalue weighted by atomic mass is 9.90. The van der Waals surface area contributed by atoms with Crippen molar-refractivity contribution < 1.29 is 13.2 Å². The number of benzene rings is 2. The van der Waals surface area contributed by atoms with Crippen molar-refractivity contribution in [2.24, 2.45) is 0 Å². The SMILES string of the molecule is CNS(=O)(=O)Cc1ccccc1CNC(=O)c1ccc2c(c1)CCCC2. The van der Waals surface area contributed by atoms with Crippen molar-refractivity contribution in [1.29, 1.82) is 0 Å². The van der Waals surface area contributed by atoms with Gasteiger partial charge in [0.15, 0.2) is 0 Å². The minimum absolute atomic E-state index is 0.103. The van der Waals surface area contributed by atoms with Crippen molar-refractivity contribution >= 4 is 15.9 Å². The van der Waals surface area contributed by atoms with E-state index in [1.54, 1.807) is 12.1 Å². The van der Waals surface area contributed by atoms with Crippen LogP contribution in [0.2, 0.25) is 0 Å².